The topological polar surface area (TPSA) is 13.0 Å². The third-order valence-electron chi connectivity index (χ3n) is 11.1. The van der Waals surface area contributed by atoms with E-state index in [4.69, 9.17) is 0 Å². The third kappa shape index (κ3) is 8.72. The minimum Gasteiger partial charge on any atom is -0.311 e. The van der Waals surface area contributed by atoms with Crippen molar-refractivity contribution >= 4 is 62.6 Å². The first-order chi connectivity index (χ1) is 30.5. The average Bonchev–Trinajstić information content (AvgIpc) is 3.59. The van der Waals surface area contributed by atoms with Gasteiger partial charge in [0.2, 0.25) is 0 Å². The normalized spacial score (nSPS) is 12.0. The van der Waals surface area contributed by atoms with Crippen LogP contribution in [-0.2, 0) is 0 Å². The van der Waals surface area contributed by atoms with Gasteiger partial charge < -0.3 is 19.6 Å². The molecule has 0 bridgehead atoms. The zero-order valence-corrected chi connectivity index (χ0v) is 35.5. The molecule has 0 heterocycles. The quantitative estimate of drug-likeness (QED) is 0.122. The van der Waals surface area contributed by atoms with Gasteiger partial charge in [-0.05, 0) is 189 Å². The first-order valence-electron chi connectivity index (χ1n) is 21.3. The molecule has 0 aromatic heterocycles. The van der Waals surface area contributed by atoms with Crippen LogP contribution in [0.15, 0.2) is 242 Å². The minimum atomic E-state index is 0.912. The fourth-order valence-corrected chi connectivity index (χ4v) is 8.21. The number of allylic oxidation sites excluding steroid dienone is 5. The van der Waals surface area contributed by atoms with E-state index >= 15 is 0 Å². The Bertz CT molecular complexity index is 2710. The smallest absolute Gasteiger partial charge is 0.0464 e. The van der Waals surface area contributed by atoms with Gasteiger partial charge >= 0.3 is 0 Å². The molecule has 1 aliphatic carbocycles. The molecule has 62 heavy (non-hydrogen) atoms. The van der Waals surface area contributed by atoms with Crippen LogP contribution in [0.4, 0.5) is 62.6 Å². The summed E-state index contributed by atoms with van der Waals surface area (Å²) in [6.45, 7) is 6.44. The van der Waals surface area contributed by atoms with Crippen molar-refractivity contribution in [3.63, 3.8) is 0 Å². The second-order valence-corrected chi connectivity index (χ2v) is 15.7. The molecule has 0 unspecified atom stereocenters. The average molecular weight is 803 g/mol. The summed E-state index contributed by atoms with van der Waals surface area (Å²) >= 11 is 0. The molecule has 9 rings (SSSR count). The maximum Gasteiger partial charge on any atom is 0.0464 e. The van der Waals surface area contributed by atoms with Gasteiger partial charge in [0.1, 0.15) is 0 Å². The van der Waals surface area contributed by atoms with E-state index in [1.54, 1.807) is 0 Å². The molecule has 1 aliphatic rings. The highest BCUT2D eigenvalue weighted by atomic mass is 15.2. The molecule has 0 atom stereocenters. The summed E-state index contributed by atoms with van der Waals surface area (Å²) in [6, 6.07) is 74.1. The van der Waals surface area contributed by atoms with E-state index in [0.29, 0.717) is 0 Å². The summed E-state index contributed by atoms with van der Waals surface area (Å²) in [6.07, 6.45) is 11.9. The summed E-state index contributed by atoms with van der Waals surface area (Å²) in [5.41, 5.74) is 16.8. The Morgan fingerprint density at radius 2 is 0.597 bits per heavy atom. The lowest BCUT2D eigenvalue weighted by Crippen LogP contribution is -2.16. The van der Waals surface area contributed by atoms with E-state index in [1.807, 2.05) is 0 Å². The van der Waals surface area contributed by atoms with Crippen LogP contribution >= 0.6 is 0 Å². The van der Waals surface area contributed by atoms with E-state index < -0.39 is 0 Å². The van der Waals surface area contributed by atoms with Gasteiger partial charge in [-0.25, -0.2) is 0 Å². The second-order valence-electron chi connectivity index (χ2n) is 15.7. The Hall–Kier alpha value is -7.82. The monoisotopic (exact) mass is 802 g/mol. The number of para-hydroxylation sites is 2. The van der Waals surface area contributed by atoms with Crippen LogP contribution < -0.4 is 19.6 Å². The van der Waals surface area contributed by atoms with Gasteiger partial charge in [0, 0.05) is 68.3 Å². The number of aryl methyl sites for hydroxylation is 3. The van der Waals surface area contributed by atoms with Gasteiger partial charge in [-0.1, -0.05) is 91.0 Å². The maximum absolute atomic E-state index is 2.35. The fraction of sp³-hybridized carbons (Fsp3) is 0.0690. The number of hydrogen-bond acceptors (Lipinski definition) is 4. The lowest BCUT2D eigenvalue weighted by molar-refractivity contribution is 1.19. The highest BCUT2D eigenvalue weighted by Crippen LogP contribution is 2.42. The fourth-order valence-electron chi connectivity index (χ4n) is 8.21. The van der Waals surface area contributed by atoms with Gasteiger partial charge in [-0.2, -0.15) is 0 Å². The molecule has 302 valence electrons. The van der Waals surface area contributed by atoms with Crippen LogP contribution in [0, 0.1) is 20.8 Å². The number of nitrogens with zero attached hydrogens (tertiary/aromatic N) is 4. The summed E-state index contributed by atoms with van der Waals surface area (Å²) in [7, 11) is 0. The molecule has 0 spiro atoms. The summed E-state index contributed by atoms with van der Waals surface area (Å²) in [5, 5.41) is 0. The third-order valence-corrected chi connectivity index (χ3v) is 11.1. The largest absolute Gasteiger partial charge is 0.311 e. The van der Waals surface area contributed by atoms with E-state index in [9.17, 15) is 0 Å². The maximum atomic E-state index is 2.35. The summed E-state index contributed by atoms with van der Waals surface area (Å²) in [5.74, 6) is 0. The summed E-state index contributed by atoms with van der Waals surface area (Å²) < 4.78 is 0. The van der Waals surface area contributed by atoms with Gasteiger partial charge in [0.25, 0.3) is 0 Å². The van der Waals surface area contributed by atoms with Crippen molar-refractivity contribution in [3.8, 4) is 0 Å². The van der Waals surface area contributed by atoms with Crippen LogP contribution in [0.3, 0.4) is 0 Å². The van der Waals surface area contributed by atoms with Crippen LogP contribution in [-0.4, -0.2) is 0 Å². The highest BCUT2D eigenvalue weighted by Gasteiger charge is 2.20. The number of benzene rings is 8. The van der Waals surface area contributed by atoms with Gasteiger partial charge in [0.05, 0.1) is 0 Å². The Morgan fingerprint density at radius 3 is 0.968 bits per heavy atom. The molecule has 0 saturated heterocycles. The van der Waals surface area contributed by atoms with Gasteiger partial charge in [-0.3, -0.25) is 0 Å². The van der Waals surface area contributed by atoms with Crippen molar-refractivity contribution < 1.29 is 0 Å². The zero-order valence-electron chi connectivity index (χ0n) is 35.5. The molecule has 4 nitrogen and oxygen atoms in total. The predicted octanol–water partition coefficient (Wildman–Crippen LogP) is 16.6. The van der Waals surface area contributed by atoms with Crippen molar-refractivity contribution in [2.75, 3.05) is 19.6 Å². The first-order valence-corrected chi connectivity index (χ1v) is 21.3. The first kappa shape index (κ1) is 39.6. The molecule has 0 saturated carbocycles. The van der Waals surface area contributed by atoms with Crippen molar-refractivity contribution in [3.05, 3.63) is 259 Å². The van der Waals surface area contributed by atoms with E-state index in [0.717, 1.165) is 74.7 Å². The SMILES string of the molecule is Cc1cccc(N(C2=CC=CCC=C2)c2ccc(N(c3ccc(N(c4ccccc4)c4cccc(C)c4)cc3)c3ccc(N(c4ccccc4)c4cccc(C)c4)cc3)cc2)c1. The number of anilines is 11. The van der Waals surface area contributed by atoms with Crippen LogP contribution in [0.1, 0.15) is 23.1 Å². The van der Waals surface area contributed by atoms with Gasteiger partial charge in [-0.15, -0.1) is 0 Å². The molecule has 8 aromatic carbocycles. The lowest BCUT2D eigenvalue weighted by Gasteiger charge is -2.30. The Labute approximate surface area is 366 Å². The molecule has 0 amide bonds. The predicted molar refractivity (Wildman–Crippen MR) is 264 cm³/mol. The molecule has 0 radical (unpaired) electrons. The van der Waals surface area contributed by atoms with Crippen molar-refractivity contribution in [1.82, 2.24) is 0 Å². The van der Waals surface area contributed by atoms with E-state index in [1.165, 1.54) is 16.7 Å². The number of rotatable bonds is 12. The van der Waals surface area contributed by atoms with Crippen LogP contribution in [0.2, 0.25) is 0 Å². The molecule has 4 heteroatoms. The van der Waals surface area contributed by atoms with Crippen LogP contribution in [0.25, 0.3) is 0 Å². The van der Waals surface area contributed by atoms with Crippen molar-refractivity contribution in [2.24, 2.45) is 0 Å². The minimum absolute atomic E-state index is 0.912. The molecule has 0 N–H and O–H groups in total. The molecular weight excluding hydrogens is 753 g/mol. The standard InChI is InChI=1S/C58H50N4/c1-44-17-14-26-56(41-44)60(47-20-8-4-5-9-21-47)53-35-29-50(30-36-53)59(51-31-37-54(38-32-51)61(48-22-10-6-11-23-48)57-27-15-18-45(2)42-57)52-33-39-55(40-34-52)62(49-24-12-7-13-25-49)58-28-16-19-46(3)43-58/h4,6-43H,5H2,1-3H3. The number of hydrogen-bond donors (Lipinski definition) is 0. The zero-order chi connectivity index (χ0) is 42.3. The van der Waals surface area contributed by atoms with Gasteiger partial charge in [0.15, 0.2) is 0 Å². The highest BCUT2D eigenvalue weighted by molar-refractivity contribution is 5.84. The van der Waals surface area contributed by atoms with E-state index in [2.05, 4.69) is 277 Å². The Kier molecular flexibility index (Phi) is 11.6. The Balaban J connectivity index is 1.14. The second kappa shape index (κ2) is 18.2. The van der Waals surface area contributed by atoms with Crippen molar-refractivity contribution in [1.29, 1.82) is 0 Å². The molecule has 0 aliphatic heterocycles. The van der Waals surface area contributed by atoms with Crippen molar-refractivity contribution in [2.45, 2.75) is 27.2 Å². The molecule has 0 fully saturated rings. The lowest BCUT2D eigenvalue weighted by atomic mass is 10.1. The molecular formula is C58H50N4. The van der Waals surface area contributed by atoms with Crippen LogP contribution in [0.5, 0.6) is 0 Å². The van der Waals surface area contributed by atoms with E-state index in [-0.39, 0.29) is 0 Å². The Morgan fingerprint density at radius 1 is 0.290 bits per heavy atom. The summed E-state index contributed by atoms with van der Waals surface area (Å²) in [4.78, 5) is 9.32. The molecule has 8 aromatic rings.